The average Bonchev–Trinajstić information content (AvgIpc) is 2.69. The zero-order valence-corrected chi connectivity index (χ0v) is 17.0. The highest BCUT2D eigenvalue weighted by atomic mass is 16.5. The van der Waals surface area contributed by atoms with Crippen LogP contribution in [0.3, 0.4) is 0 Å². The lowest BCUT2D eigenvalue weighted by molar-refractivity contribution is 0.309. The topological polar surface area (TPSA) is 18.5 Å². The van der Waals surface area contributed by atoms with Crippen molar-refractivity contribution >= 4 is 11.1 Å². The first-order chi connectivity index (χ1) is 13.1. The standard InChI is InChI=1S/C25H32O2/c1-5-7-17-26-24-13-9-22(10-14-24)20(3)19-21(4)23-11-15-25(16-12-23)27-18-8-6-2/h9-16,19H,3,5-8,17-18H2,1-2,4H3/b21-19+. The Balaban J connectivity index is 1.97. The van der Waals surface area contributed by atoms with Gasteiger partial charge in [0.25, 0.3) is 0 Å². The summed E-state index contributed by atoms with van der Waals surface area (Å²) in [5.74, 6) is 1.84. The maximum atomic E-state index is 5.73. The van der Waals surface area contributed by atoms with Gasteiger partial charge in [0.15, 0.2) is 0 Å². The van der Waals surface area contributed by atoms with E-state index in [0.29, 0.717) is 0 Å². The van der Waals surface area contributed by atoms with E-state index in [2.05, 4.69) is 57.7 Å². The molecule has 2 nitrogen and oxygen atoms in total. The molecule has 0 N–H and O–H groups in total. The van der Waals surface area contributed by atoms with E-state index in [9.17, 15) is 0 Å². The van der Waals surface area contributed by atoms with Crippen LogP contribution in [0.25, 0.3) is 11.1 Å². The van der Waals surface area contributed by atoms with Crippen molar-refractivity contribution in [3.63, 3.8) is 0 Å². The van der Waals surface area contributed by atoms with E-state index >= 15 is 0 Å². The molecule has 0 unspecified atom stereocenters. The van der Waals surface area contributed by atoms with Crippen LogP contribution in [0, 0.1) is 0 Å². The van der Waals surface area contributed by atoms with Gasteiger partial charge in [0.2, 0.25) is 0 Å². The maximum absolute atomic E-state index is 5.73. The number of hydrogen-bond acceptors (Lipinski definition) is 2. The SMILES string of the molecule is C=C(/C=C(\C)c1ccc(OCCCC)cc1)c1ccc(OCCCC)cc1. The van der Waals surface area contributed by atoms with Crippen LogP contribution < -0.4 is 9.47 Å². The van der Waals surface area contributed by atoms with E-state index in [1.54, 1.807) is 0 Å². The summed E-state index contributed by atoms with van der Waals surface area (Å²) in [5, 5.41) is 0. The molecule has 0 saturated carbocycles. The third-order valence-corrected chi connectivity index (χ3v) is 4.46. The van der Waals surface area contributed by atoms with Crippen molar-refractivity contribution in [1.82, 2.24) is 0 Å². The minimum absolute atomic E-state index is 0.772. The molecule has 0 aliphatic heterocycles. The second-order valence-electron chi connectivity index (χ2n) is 6.81. The summed E-state index contributed by atoms with van der Waals surface area (Å²) in [6.45, 7) is 12.2. The van der Waals surface area contributed by atoms with E-state index in [4.69, 9.17) is 9.47 Å². The molecular weight excluding hydrogens is 332 g/mol. The third kappa shape index (κ3) is 6.97. The Bertz CT molecular complexity index is 724. The molecule has 0 atom stereocenters. The lowest BCUT2D eigenvalue weighted by Crippen LogP contribution is -1.96. The normalized spacial score (nSPS) is 11.3. The molecule has 0 heterocycles. The Morgan fingerprint density at radius 2 is 1.22 bits per heavy atom. The molecule has 0 fully saturated rings. The summed E-state index contributed by atoms with van der Waals surface area (Å²) in [4.78, 5) is 0. The Morgan fingerprint density at radius 1 is 0.778 bits per heavy atom. The zero-order chi connectivity index (χ0) is 19.5. The molecule has 0 spiro atoms. The van der Waals surface area contributed by atoms with Crippen LogP contribution in [-0.2, 0) is 0 Å². The molecule has 2 heteroatoms. The van der Waals surface area contributed by atoms with Gasteiger partial charge in [0, 0.05) is 0 Å². The first-order valence-electron chi connectivity index (χ1n) is 9.97. The molecule has 0 aliphatic rings. The largest absolute Gasteiger partial charge is 0.494 e. The Labute approximate surface area is 164 Å². The Kier molecular flexibility index (Phi) is 8.70. The fraction of sp³-hybridized carbons (Fsp3) is 0.360. The van der Waals surface area contributed by atoms with Crippen LogP contribution in [0.15, 0.2) is 61.2 Å². The molecular formula is C25H32O2. The quantitative estimate of drug-likeness (QED) is 0.311. The fourth-order valence-corrected chi connectivity index (χ4v) is 2.68. The predicted molar refractivity (Wildman–Crippen MR) is 116 cm³/mol. The van der Waals surface area contributed by atoms with Crippen molar-refractivity contribution in [2.75, 3.05) is 13.2 Å². The molecule has 2 aromatic carbocycles. The van der Waals surface area contributed by atoms with Crippen molar-refractivity contribution in [2.45, 2.75) is 46.5 Å². The van der Waals surface area contributed by atoms with E-state index in [-0.39, 0.29) is 0 Å². The van der Waals surface area contributed by atoms with Gasteiger partial charge in [-0.2, -0.15) is 0 Å². The van der Waals surface area contributed by atoms with E-state index < -0.39 is 0 Å². The van der Waals surface area contributed by atoms with Crippen LogP contribution in [0.2, 0.25) is 0 Å². The van der Waals surface area contributed by atoms with Crippen molar-refractivity contribution in [3.8, 4) is 11.5 Å². The number of benzene rings is 2. The molecule has 2 aromatic rings. The van der Waals surface area contributed by atoms with Crippen LogP contribution >= 0.6 is 0 Å². The first kappa shape index (κ1) is 20.8. The van der Waals surface area contributed by atoms with Crippen molar-refractivity contribution in [3.05, 3.63) is 72.3 Å². The molecule has 27 heavy (non-hydrogen) atoms. The number of allylic oxidation sites excluding steroid dienone is 3. The lowest BCUT2D eigenvalue weighted by atomic mass is 10.0. The number of hydrogen-bond donors (Lipinski definition) is 0. The van der Waals surface area contributed by atoms with Crippen molar-refractivity contribution in [2.24, 2.45) is 0 Å². The van der Waals surface area contributed by atoms with Gasteiger partial charge in [0.05, 0.1) is 13.2 Å². The summed E-state index contributed by atoms with van der Waals surface area (Å²) in [6.07, 6.45) is 6.58. The van der Waals surface area contributed by atoms with E-state index in [1.165, 1.54) is 11.1 Å². The van der Waals surface area contributed by atoms with Gasteiger partial charge in [-0.05, 0) is 66.3 Å². The summed E-state index contributed by atoms with van der Waals surface area (Å²) < 4.78 is 11.4. The van der Waals surface area contributed by atoms with Gasteiger partial charge in [-0.25, -0.2) is 0 Å². The van der Waals surface area contributed by atoms with Crippen molar-refractivity contribution in [1.29, 1.82) is 0 Å². The second-order valence-corrected chi connectivity index (χ2v) is 6.81. The molecule has 0 bridgehead atoms. The highest BCUT2D eigenvalue weighted by Gasteiger charge is 2.02. The molecule has 0 saturated heterocycles. The maximum Gasteiger partial charge on any atom is 0.119 e. The first-order valence-corrected chi connectivity index (χ1v) is 9.97. The van der Waals surface area contributed by atoms with Crippen LogP contribution in [0.4, 0.5) is 0 Å². The van der Waals surface area contributed by atoms with Crippen LogP contribution in [0.1, 0.15) is 57.6 Å². The number of rotatable bonds is 11. The summed E-state index contributed by atoms with van der Waals surface area (Å²) in [5.41, 5.74) is 4.47. The highest BCUT2D eigenvalue weighted by molar-refractivity contribution is 5.82. The Morgan fingerprint density at radius 3 is 1.67 bits per heavy atom. The smallest absolute Gasteiger partial charge is 0.119 e. The number of ether oxygens (including phenoxy) is 2. The van der Waals surface area contributed by atoms with Gasteiger partial charge in [0.1, 0.15) is 11.5 Å². The van der Waals surface area contributed by atoms with Gasteiger partial charge in [-0.15, -0.1) is 0 Å². The lowest BCUT2D eigenvalue weighted by Gasteiger charge is -2.09. The number of unbranched alkanes of at least 4 members (excludes halogenated alkanes) is 2. The molecule has 2 rings (SSSR count). The minimum atomic E-state index is 0.772. The molecule has 0 aromatic heterocycles. The molecule has 0 aliphatic carbocycles. The van der Waals surface area contributed by atoms with E-state index in [1.807, 2.05) is 24.3 Å². The minimum Gasteiger partial charge on any atom is -0.494 e. The van der Waals surface area contributed by atoms with Crippen LogP contribution in [-0.4, -0.2) is 13.2 Å². The molecule has 144 valence electrons. The second kappa shape index (κ2) is 11.3. The zero-order valence-electron chi connectivity index (χ0n) is 17.0. The molecule has 0 radical (unpaired) electrons. The summed E-state index contributed by atoms with van der Waals surface area (Å²) in [6, 6.07) is 16.4. The van der Waals surface area contributed by atoms with Gasteiger partial charge in [-0.3, -0.25) is 0 Å². The van der Waals surface area contributed by atoms with Gasteiger partial charge >= 0.3 is 0 Å². The Hall–Kier alpha value is -2.48. The summed E-state index contributed by atoms with van der Waals surface area (Å²) >= 11 is 0. The monoisotopic (exact) mass is 364 g/mol. The fourth-order valence-electron chi connectivity index (χ4n) is 2.68. The predicted octanol–water partition coefficient (Wildman–Crippen LogP) is 7.16. The van der Waals surface area contributed by atoms with Crippen molar-refractivity contribution < 1.29 is 9.47 Å². The highest BCUT2D eigenvalue weighted by Crippen LogP contribution is 2.24. The van der Waals surface area contributed by atoms with E-state index in [0.717, 1.165) is 61.5 Å². The average molecular weight is 365 g/mol. The van der Waals surface area contributed by atoms with Crippen LogP contribution in [0.5, 0.6) is 11.5 Å². The molecule has 0 amide bonds. The van der Waals surface area contributed by atoms with Gasteiger partial charge < -0.3 is 9.47 Å². The summed E-state index contributed by atoms with van der Waals surface area (Å²) in [7, 11) is 0. The third-order valence-electron chi connectivity index (χ3n) is 4.46. The van der Waals surface area contributed by atoms with Gasteiger partial charge in [-0.1, -0.05) is 63.6 Å².